The van der Waals surface area contributed by atoms with Crippen molar-refractivity contribution in [2.45, 2.75) is 51.4 Å². The lowest BCUT2D eigenvalue weighted by molar-refractivity contribution is -0.137. The molecule has 0 atom stereocenters. The molecule has 0 aromatic rings. The molecule has 5 heteroatoms. The Kier molecular flexibility index (Phi) is 5.02. The number of carbonyl (C=O) groups is 2. The van der Waals surface area contributed by atoms with Gasteiger partial charge in [-0.15, -0.1) is 0 Å². The summed E-state index contributed by atoms with van der Waals surface area (Å²) >= 11 is 0. The normalized spacial score (nSPS) is 23.6. The maximum atomic E-state index is 12.5. The predicted octanol–water partition coefficient (Wildman–Crippen LogP) is 1.01. The van der Waals surface area contributed by atoms with E-state index in [0.29, 0.717) is 38.9 Å². The van der Waals surface area contributed by atoms with Crippen molar-refractivity contribution in [2.75, 3.05) is 19.6 Å². The number of hydrogen-bond acceptors (Lipinski definition) is 3. The molecule has 0 bridgehead atoms. The van der Waals surface area contributed by atoms with Crippen LogP contribution < -0.4 is 11.5 Å². The lowest BCUT2D eigenvalue weighted by Gasteiger charge is -2.38. The summed E-state index contributed by atoms with van der Waals surface area (Å²) in [6.45, 7) is 1.93. The van der Waals surface area contributed by atoms with Crippen molar-refractivity contribution in [2.24, 2.45) is 22.8 Å². The van der Waals surface area contributed by atoms with Crippen molar-refractivity contribution in [3.05, 3.63) is 0 Å². The van der Waals surface area contributed by atoms with Gasteiger partial charge in [0.1, 0.15) is 0 Å². The van der Waals surface area contributed by atoms with Crippen LogP contribution in [0, 0.1) is 11.3 Å². The first-order chi connectivity index (χ1) is 9.56. The number of hydrogen-bond donors (Lipinski definition) is 2. The Labute approximate surface area is 121 Å². The van der Waals surface area contributed by atoms with Gasteiger partial charge in [0.15, 0.2) is 0 Å². The van der Waals surface area contributed by atoms with E-state index in [2.05, 4.69) is 0 Å². The Morgan fingerprint density at radius 2 is 1.70 bits per heavy atom. The summed E-state index contributed by atoms with van der Waals surface area (Å²) in [5, 5.41) is 0. The molecule has 0 unspecified atom stereocenters. The molecule has 1 saturated carbocycles. The quantitative estimate of drug-likeness (QED) is 0.806. The Balaban J connectivity index is 1.87. The molecule has 2 rings (SSSR count). The second-order valence-electron chi connectivity index (χ2n) is 6.50. The van der Waals surface area contributed by atoms with Gasteiger partial charge < -0.3 is 16.4 Å². The number of nitrogens with two attached hydrogens (primary N) is 2. The fraction of sp³-hybridized carbons (Fsp3) is 0.867. The number of amides is 2. The molecule has 5 nitrogen and oxygen atoms in total. The third-order valence-electron chi connectivity index (χ3n) is 5.12. The average molecular weight is 281 g/mol. The number of nitrogens with zero attached hydrogens (tertiary/aromatic N) is 1. The van der Waals surface area contributed by atoms with Gasteiger partial charge >= 0.3 is 0 Å². The summed E-state index contributed by atoms with van der Waals surface area (Å²) in [5.74, 6) is -0.0831. The van der Waals surface area contributed by atoms with E-state index >= 15 is 0 Å². The van der Waals surface area contributed by atoms with Crippen molar-refractivity contribution >= 4 is 11.8 Å². The fourth-order valence-electron chi connectivity index (χ4n) is 3.60. The Bertz CT molecular complexity index is 356. The van der Waals surface area contributed by atoms with Gasteiger partial charge in [-0.1, -0.05) is 19.3 Å². The molecular weight excluding hydrogens is 254 g/mol. The van der Waals surface area contributed by atoms with Gasteiger partial charge in [-0.2, -0.15) is 0 Å². The predicted molar refractivity (Wildman–Crippen MR) is 77.7 cm³/mol. The molecule has 0 spiro atoms. The third-order valence-corrected chi connectivity index (χ3v) is 5.12. The minimum atomic E-state index is -0.234. The van der Waals surface area contributed by atoms with Gasteiger partial charge in [0.25, 0.3) is 0 Å². The molecule has 114 valence electrons. The molecule has 1 heterocycles. The van der Waals surface area contributed by atoms with Crippen molar-refractivity contribution < 1.29 is 9.59 Å². The lowest BCUT2D eigenvalue weighted by Crippen LogP contribution is -2.45. The minimum absolute atomic E-state index is 0.0237. The SMILES string of the molecule is NCC1(CC(=O)N2CCC(C(N)=O)CC2)CCCCC1. The van der Waals surface area contributed by atoms with E-state index in [1.54, 1.807) is 0 Å². The first kappa shape index (κ1) is 15.3. The molecule has 2 aliphatic rings. The summed E-state index contributed by atoms with van der Waals surface area (Å²) in [6, 6.07) is 0. The first-order valence-corrected chi connectivity index (χ1v) is 7.83. The Morgan fingerprint density at radius 3 is 2.20 bits per heavy atom. The molecule has 1 saturated heterocycles. The maximum absolute atomic E-state index is 12.5. The van der Waals surface area contributed by atoms with E-state index in [9.17, 15) is 9.59 Å². The van der Waals surface area contributed by atoms with Gasteiger partial charge in [0.2, 0.25) is 11.8 Å². The summed E-state index contributed by atoms with van der Waals surface area (Å²) in [5.41, 5.74) is 11.3. The van der Waals surface area contributed by atoms with E-state index in [4.69, 9.17) is 11.5 Å². The van der Waals surface area contributed by atoms with E-state index in [0.717, 1.165) is 12.8 Å². The monoisotopic (exact) mass is 281 g/mol. The molecule has 2 amide bonds. The van der Waals surface area contributed by atoms with E-state index in [1.165, 1.54) is 19.3 Å². The van der Waals surface area contributed by atoms with Crippen LogP contribution in [-0.2, 0) is 9.59 Å². The molecule has 2 fully saturated rings. The van der Waals surface area contributed by atoms with Crippen LogP contribution in [0.5, 0.6) is 0 Å². The molecular formula is C15H27N3O2. The van der Waals surface area contributed by atoms with Crippen LogP contribution in [-0.4, -0.2) is 36.3 Å². The smallest absolute Gasteiger partial charge is 0.223 e. The van der Waals surface area contributed by atoms with Crippen molar-refractivity contribution in [3.8, 4) is 0 Å². The van der Waals surface area contributed by atoms with Crippen LogP contribution in [0.4, 0.5) is 0 Å². The Hall–Kier alpha value is -1.10. The zero-order valence-corrected chi connectivity index (χ0v) is 12.3. The molecule has 0 radical (unpaired) electrons. The molecule has 1 aliphatic carbocycles. The van der Waals surface area contributed by atoms with Gasteiger partial charge in [-0.3, -0.25) is 9.59 Å². The summed E-state index contributed by atoms with van der Waals surface area (Å²) < 4.78 is 0. The van der Waals surface area contributed by atoms with Gasteiger partial charge in [0.05, 0.1) is 0 Å². The minimum Gasteiger partial charge on any atom is -0.369 e. The molecule has 4 N–H and O–H groups in total. The molecule has 20 heavy (non-hydrogen) atoms. The van der Waals surface area contributed by atoms with Crippen molar-refractivity contribution in [1.29, 1.82) is 0 Å². The van der Waals surface area contributed by atoms with Crippen LogP contribution in [0.25, 0.3) is 0 Å². The summed E-state index contributed by atoms with van der Waals surface area (Å²) in [4.78, 5) is 25.5. The number of likely N-dealkylation sites (tertiary alicyclic amines) is 1. The highest BCUT2D eigenvalue weighted by Gasteiger charge is 2.35. The van der Waals surface area contributed by atoms with E-state index < -0.39 is 0 Å². The molecule has 0 aromatic carbocycles. The highest BCUT2D eigenvalue weighted by Crippen LogP contribution is 2.39. The number of rotatable bonds is 4. The standard InChI is InChI=1S/C15H27N3O2/c16-11-15(6-2-1-3-7-15)10-13(19)18-8-4-12(5-9-18)14(17)20/h12H,1-11,16H2,(H2,17,20). The summed E-state index contributed by atoms with van der Waals surface area (Å²) in [6.07, 6.45) is 7.78. The zero-order chi connectivity index (χ0) is 14.6. The third kappa shape index (κ3) is 3.51. The van der Waals surface area contributed by atoms with Crippen molar-refractivity contribution in [3.63, 3.8) is 0 Å². The number of primary amides is 1. The number of piperidine rings is 1. The van der Waals surface area contributed by atoms with E-state index in [-0.39, 0.29) is 23.1 Å². The van der Waals surface area contributed by atoms with Crippen LogP contribution in [0.3, 0.4) is 0 Å². The van der Waals surface area contributed by atoms with Gasteiger partial charge in [0, 0.05) is 25.4 Å². The van der Waals surface area contributed by atoms with E-state index in [1.807, 2.05) is 4.90 Å². The summed E-state index contributed by atoms with van der Waals surface area (Å²) in [7, 11) is 0. The second-order valence-corrected chi connectivity index (χ2v) is 6.50. The molecule has 1 aliphatic heterocycles. The fourth-order valence-corrected chi connectivity index (χ4v) is 3.60. The highest BCUT2D eigenvalue weighted by molar-refractivity contribution is 5.79. The zero-order valence-electron chi connectivity index (χ0n) is 12.3. The second kappa shape index (κ2) is 6.57. The first-order valence-electron chi connectivity index (χ1n) is 7.83. The van der Waals surface area contributed by atoms with Crippen LogP contribution in [0.1, 0.15) is 51.4 Å². The van der Waals surface area contributed by atoms with Crippen LogP contribution >= 0.6 is 0 Å². The Morgan fingerprint density at radius 1 is 1.10 bits per heavy atom. The topological polar surface area (TPSA) is 89.4 Å². The largest absolute Gasteiger partial charge is 0.369 e. The van der Waals surface area contributed by atoms with Gasteiger partial charge in [-0.05, 0) is 37.6 Å². The average Bonchev–Trinajstić information content (AvgIpc) is 2.48. The molecule has 0 aromatic heterocycles. The van der Waals surface area contributed by atoms with Crippen LogP contribution in [0.2, 0.25) is 0 Å². The lowest BCUT2D eigenvalue weighted by atomic mass is 9.71. The van der Waals surface area contributed by atoms with Gasteiger partial charge in [-0.25, -0.2) is 0 Å². The highest BCUT2D eigenvalue weighted by atomic mass is 16.2. The maximum Gasteiger partial charge on any atom is 0.223 e. The van der Waals surface area contributed by atoms with Crippen LogP contribution in [0.15, 0.2) is 0 Å². The van der Waals surface area contributed by atoms with Crippen molar-refractivity contribution in [1.82, 2.24) is 4.90 Å². The number of carbonyl (C=O) groups excluding carboxylic acids is 2.